The number of fused-ring (bicyclic) bond motifs is 10. The molecule has 0 saturated heterocycles. The molecule has 10 aliphatic carbocycles. The predicted octanol–water partition coefficient (Wildman–Crippen LogP) is -2.59. The van der Waals surface area contributed by atoms with E-state index in [1.165, 1.54) is 25.3 Å². The normalized spacial score (nSPS) is 34.2. The highest BCUT2D eigenvalue weighted by atomic mass is 31.3. The molecule has 29 atom stereocenters. The maximum absolute atomic E-state index is 12.0. The summed E-state index contributed by atoms with van der Waals surface area (Å²) in [7, 11) is -38.4. The van der Waals surface area contributed by atoms with E-state index in [2.05, 4.69) is 97.2 Å². The van der Waals surface area contributed by atoms with Gasteiger partial charge in [0.05, 0.1) is 137 Å². The Labute approximate surface area is 767 Å². The number of pyridine rings is 2. The minimum atomic E-state index is -5.66. The highest BCUT2D eigenvalue weighted by Crippen LogP contribution is 2.75. The number of nitrogens with one attached hydrogen (secondary N) is 2. The third kappa shape index (κ3) is 19.2. The van der Waals surface area contributed by atoms with Crippen molar-refractivity contribution in [3.8, 4) is 0 Å². The van der Waals surface area contributed by atoms with Crippen LogP contribution in [0.5, 0.6) is 0 Å². The molecule has 10 aliphatic rings. The second-order valence-electron chi connectivity index (χ2n) is 35.1. The molecule has 10 saturated carbocycles. The van der Waals surface area contributed by atoms with E-state index in [9.17, 15) is 112 Å². The number of aliphatic hydroxyl groups excluding tert-OH is 11. The van der Waals surface area contributed by atoms with Crippen molar-refractivity contribution in [3.63, 3.8) is 0 Å². The Balaban J connectivity index is 0.000000125. The minimum Gasteiger partial charge on any atom is -0.396 e. The van der Waals surface area contributed by atoms with Gasteiger partial charge in [-0.1, -0.05) is 0 Å². The third-order valence-electron chi connectivity index (χ3n) is 27.1. The van der Waals surface area contributed by atoms with Crippen LogP contribution in [0, 0.1) is 77.4 Å². The van der Waals surface area contributed by atoms with E-state index in [1.807, 2.05) is 0 Å². The van der Waals surface area contributed by atoms with Crippen LogP contribution in [0.4, 0.5) is 28.8 Å². The first-order chi connectivity index (χ1) is 63.7. The SMILES string of the molecule is CNc1ccnc2c1ncn2[C@H]1[C@H](O)[C@H](O)[C@]2(COP(=O)(O)OP(=O)(O)O)C[C@H]12.CNc1ccnc2c1ncn2[C@H]1[C@H](O)[C@H](O)[C@]2(COP(=O)(O)OP(=O)(O)OP(=O)(O)O)C[C@H]12.Cc1nc(N)c2ncn([C@H]3[C@H](O)[C@H](O)[C@]4(CO)C[C@H]34)c2n1.Cc1nc(N)c2ncn([C@H]3[C@H](O)[C@H](O)[C@]4(COP(=O)(O)O)C[C@H]34)c2n1.Cc1nc(N)c2ncn([C@H]3[C@H](O)[C@H](O)[C@]4(COP(=O)(O)OP(=O)(O)O)C[C@H]34)c2n1. The maximum Gasteiger partial charge on any atom is 0.490 e. The third-order valence-corrected chi connectivity index (χ3v) is 35.6. The van der Waals surface area contributed by atoms with Gasteiger partial charge in [-0.3, -0.25) is 18.1 Å². The number of aryl methyl sites for hydroxylation is 3. The summed E-state index contributed by atoms with van der Waals surface area (Å²) in [4.78, 5) is 163. The largest absolute Gasteiger partial charge is 0.490 e. The van der Waals surface area contributed by atoms with Crippen LogP contribution in [0.25, 0.3) is 55.8 Å². The first-order valence-corrected chi connectivity index (χ1v) is 53.0. The number of imidazole rings is 5. The van der Waals surface area contributed by atoms with E-state index in [0.29, 0.717) is 110 Å². The first kappa shape index (κ1) is 102. The zero-order valence-corrected chi connectivity index (χ0v) is 78.6. The number of aromatic nitrogens is 18. The number of anilines is 5. The lowest BCUT2D eigenvalue weighted by atomic mass is 10.0. The number of phosphoric ester groups is 4. The van der Waals surface area contributed by atoms with Gasteiger partial charge in [-0.05, 0) is 94.6 Å². The number of phosphoric acid groups is 8. The molecule has 752 valence electrons. The zero-order chi connectivity index (χ0) is 100. The Bertz CT molecular complexity index is 6790. The first-order valence-electron chi connectivity index (χ1n) is 40.9. The Morgan fingerprint density at radius 3 is 0.839 bits per heavy atom. The molecule has 62 nitrogen and oxygen atoms in total. The average Bonchev–Trinajstić information content (AvgIpc) is 1.53. The number of nitrogen functional groups attached to an aromatic ring is 3. The van der Waals surface area contributed by atoms with Crippen molar-refractivity contribution >= 4 is 147 Å². The molecule has 20 rings (SSSR count). The smallest absolute Gasteiger partial charge is 0.396 e. The van der Waals surface area contributed by atoms with Gasteiger partial charge in [-0.15, -0.1) is 0 Å². The van der Waals surface area contributed by atoms with Crippen molar-refractivity contribution in [2.75, 3.05) is 75.0 Å². The molecule has 0 bridgehead atoms. The highest BCUT2D eigenvalue weighted by Gasteiger charge is 2.77. The van der Waals surface area contributed by atoms with Crippen molar-refractivity contribution in [3.05, 3.63) is 73.6 Å². The Hall–Kier alpha value is -7.51. The number of aliphatic hydroxyl groups is 11. The van der Waals surface area contributed by atoms with Crippen LogP contribution >= 0.6 is 62.6 Å². The molecule has 10 fully saturated rings. The lowest BCUT2D eigenvalue weighted by molar-refractivity contribution is -0.0300. The Morgan fingerprint density at radius 1 is 0.336 bits per heavy atom. The lowest BCUT2D eigenvalue weighted by Crippen LogP contribution is -2.35. The molecule has 0 radical (unpaired) electrons. The molecule has 0 spiro atoms. The van der Waals surface area contributed by atoms with E-state index in [-0.39, 0.29) is 61.0 Å². The number of nitrogens with zero attached hydrogens (tertiary/aromatic N) is 18. The van der Waals surface area contributed by atoms with E-state index < -0.39 is 201 Å². The average molecular weight is 2090 g/mol. The fraction of sp³-hybridized carbons (Fsp3) is 0.597. The fourth-order valence-corrected chi connectivity index (χ4v) is 27.4. The monoisotopic (exact) mass is 2090 g/mol. The van der Waals surface area contributed by atoms with Crippen LogP contribution in [0.15, 0.2) is 56.2 Å². The predicted molar refractivity (Wildman–Crippen MR) is 458 cm³/mol. The zero-order valence-electron chi connectivity index (χ0n) is 71.5. The van der Waals surface area contributed by atoms with Gasteiger partial charge in [-0.25, -0.2) is 101 Å². The summed E-state index contributed by atoms with van der Waals surface area (Å²) in [6.45, 7) is 2.85. The van der Waals surface area contributed by atoms with E-state index in [1.54, 1.807) is 88.6 Å². The Kier molecular flexibility index (Phi) is 26.8. The summed E-state index contributed by atoms with van der Waals surface area (Å²) in [6, 6.07) is 0.569. The highest BCUT2D eigenvalue weighted by molar-refractivity contribution is 7.66. The number of hydrogen-bond donors (Lipinski definition) is 28. The van der Waals surface area contributed by atoms with Gasteiger partial charge in [0.15, 0.2) is 45.7 Å². The second kappa shape index (κ2) is 35.8. The fourth-order valence-electron chi connectivity index (χ4n) is 20.6. The van der Waals surface area contributed by atoms with E-state index in [0.717, 1.165) is 5.69 Å². The van der Waals surface area contributed by atoms with Gasteiger partial charge >= 0.3 is 62.6 Å². The standard InChI is InChI=1S/C14H21N4O12P3.C14H20N4O9P2.C13H19N5O9P2.C13H18N5O6P.C13H17N5O3/c1-15-8-2-3-16-13-9(8)17-6-18(13)10-7-4-14(7,12(20)11(10)19)5-28-32(24,25)30-33(26,27)29-31(21,22)23;1-15-8-2-3-16-13-9(8)17-6-18(13)10-7-4-14(7,12(20)11(10)19)5-26-29(24,25)27-28(21,22)23;1-5-16-11(14)7-12(17-5)18(4-15-7)8-6-2-13(6,10(20)9(8)19)3-26-29(24,25)27-28(21,22)23;1-5-16-11(14)7-12(17-5)18(4-15-7)8-6-2-13(6,10(20)9(8)19)3-24-25(21,22)23;1-5-16-11(14)7-12(17-5)18(4-15-7)8-6-2-13(6,3-19)10(21)9(8)20/h2-3,6-7,10-12,19-20H,4-5H2,1H3,(H,15,16)(H,24,25)(H,26,27)(H2,21,22,23);2-3,6-7,10-12,19-20H,4-5H2,1H3,(H,15,16)(H,24,25)(H2,21,22,23);4,6,8-10,19-20H,2-3H2,1H3,(H,24,25)(H2,14,16,17)(H2,21,22,23);4,6,8-10,19-20H,2-3H2,1H3,(H2,14,16,17)(H2,21,22,23);4,6,8-10,19-21H,2-3H2,1H3,(H2,14,16,17)/t2*7-,10-,11+,12+,14+;3*6-,8-,9+,10+,13+/m11111/s1. The van der Waals surface area contributed by atoms with Gasteiger partial charge < -0.3 is 166 Å². The minimum absolute atomic E-state index is 0.0152. The van der Waals surface area contributed by atoms with Crippen LogP contribution in [-0.4, -0.2) is 311 Å². The molecule has 10 heterocycles. The van der Waals surface area contributed by atoms with Crippen LogP contribution in [0.2, 0.25) is 0 Å². The van der Waals surface area contributed by atoms with Crippen molar-refractivity contribution in [2.45, 2.75) is 144 Å². The molecule has 4 unspecified atom stereocenters. The molecule has 10 aromatic rings. The summed E-state index contributed by atoms with van der Waals surface area (Å²) in [5.41, 5.74) is 18.8. The van der Waals surface area contributed by atoms with Crippen LogP contribution in [0.1, 0.15) is 79.8 Å². The molecule has 70 heteroatoms. The molecule has 0 aromatic carbocycles. The topological polar surface area (TPSA) is 970 Å². The van der Waals surface area contributed by atoms with Gasteiger partial charge in [-0.2, -0.15) is 17.2 Å². The van der Waals surface area contributed by atoms with Crippen LogP contribution < -0.4 is 27.8 Å². The van der Waals surface area contributed by atoms with Crippen LogP contribution in [-0.2, 0) is 71.9 Å². The van der Waals surface area contributed by atoms with Gasteiger partial charge in [0.1, 0.15) is 75.6 Å². The van der Waals surface area contributed by atoms with Crippen molar-refractivity contribution in [1.29, 1.82) is 0 Å². The molecule has 31 N–H and O–H groups in total. The van der Waals surface area contributed by atoms with Gasteiger partial charge in [0, 0.05) is 53.6 Å². The molecule has 137 heavy (non-hydrogen) atoms. The summed E-state index contributed by atoms with van der Waals surface area (Å²) in [5, 5.41) is 121. The summed E-state index contributed by atoms with van der Waals surface area (Å²) < 4.78 is 132. The lowest BCUT2D eigenvalue weighted by Gasteiger charge is -2.24. The molecular weight excluding hydrogens is 2000 g/mol. The second-order valence-corrected chi connectivity index (χ2v) is 46.4. The maximum atomic E-state index is 12.0. The van der Waals surface area contributed by atoms with Crippen molar-refractivity contribution < 1.29 is 187 Å². The number of hydrogen-bond acceptors (Lipinski definition) is 45. The summed E-state index contributed by atoms with van der Waals surface area (Å²) in [5.74, 6) is 0.704. The number of rotatable bonds is 28. The molecule has 0 aliphatic heterocycles. The Morgan fingerprint density at radius 2 is 0.577 bits per heavy atom. The molecular formula is C67H95N23O39P8. The van der Waals surface area contributed by atoms with E-state index >= 15 is 0 Å². The van der Waals surface area contributed by atoms with Gasteiger partial charge in [0.2, 0.25) is 0 Å². The summed E-state index contributed by atoms with van der Waals surface area (Å²) >= 11 is 0. The van der Waals surface area contributed by atoms with Gasteiger partial charge in [0.25, 0.3) is 0 Å². The number of nitrogens with two attached hydrogens (primary N) is 3. The van der Waals surface area contributed by atoms with Crippen molar-refractivity contribution in [2.24, 2.45) is 56.7 Å². The summed E-state index contributed by atoms with van der Waals surface area (Å²) in [6.07, 6.45) is 0.599. The van der Waals surface area contributed by atoms with Crippen molar-refractivity contribution in [1.82, 2.24) is 87.6 Å². The molecule has 10 aromatic heterocycles. The van der Waals surface area contributed by atoms with Crippen LogP contribution in [0.3, 0.4) is 0 Å². The molecule has 0 amide bonds. The van der Waals surface area contributed by atoms with E-state index in [4.69, 9.17) is 69.9 Å². The quantitative estimate of drug-likeness (QED) is 0.0224.